The van der Waals surface area contributed by atoms with Crippen molar-refractivity contribution in [2.75, 3.05) is 13.4 Å². The van der Waals surface area contributed by atoms with Crippen molar-refractivity contribution < 1.29 is 24.1 Å². The normalized spacial score (nSPS) is 12.6. The molecule has 5 nitrogen and oxygen atoms in total. The lowest BCUT2D eigenvalue weighted by molar-refractivity contribution is 0.0525. The number of benzene rings is 1. The Morgan fingerprint density at radius 2 is 2.33 bits per heavy atom. The Kier molecular flexibility index (Phi) is 2.37. The molecular weight excluding hydrogens is 200 g/mol. The second kappa shape index (κ2) is 3.68. The van der Waals surface area contributed by atoms with Gasteiger partial charge in [-0.25, -0.2) is 4.79 Å². The summed E-state index contributed by atoms with van der Waals surface area (Å²) in [7, 11) is 0. The number of hydrogen-bond donors (Lipinski definition) is 1. The van der Waals surface area contributed by atoms with E-state index in [0.717, 1.165) is 0 Å². The predicted molar refractivity (Wildman–Crippen MR) is 50.2 cm³/mol. The van der Waals surface area contributed by atoms with Crippen molar-refractivity contribution in [3.05, 3.63) is 17.7 Å². The number of carbonyl (C=O) groups excluding carboxylic acids is 1. The van der Waals surface area contributed by atoms with Crippen LogP contribution in [-0.4, -0.2) is 24.5 Å². The van der Waals surface area contributed by atoms with Crippen LogP contribution in [0.5, 0.6) is 17.2 Å². The fraction of sp³-hybridized carbons (Fsp3) is 0.300. The molecule has 0 fully saturated rings. The van der Waals surface area contributed by atoms with E-state index >= 15 is 0 Å². The van der Waals surface area contributed by atoms with Gasteiger partial charge in [0.2, 0.25) is 12.5 Å². The summed E-state index contributed by atoms with van der Waals surface area (Å²) in [6.07, 6.45) is 0. The Morgan fingerprint density at radius 1 is 1.53 bits per heavy atom. The third kappa shape index (κ3) is 1.68. The standard InChI is InChI=1S/C10H10O5/c1-2-13-10(12)6-3-7(11)9-8(4-6)14-5-15-9/h3-4,11H,2,5H2,1H3. The highest BCUT2D eigenvalue weighted by Crippen LogP contribution is 2.41. The van der Waals surface area contributed by atoms with Gasteiger partial charge >= 0.3 is 5.97 Å². The van der Waals surface area contributed by atoms with E-state index < -0.39 is 5.97 Å². The molecule has 80 valence electrons. The van der Waals surface area contributed by atoms with Crippen molar-refractivity contribution in [1.82, 2.24) is 0 Å². The molecule has 1 aromatic carbocycles. The number of carbonyl (C=O) groups is 1. The van der Waals surface area contributed by atoms with Gasteiger partial charge < -0.3 is 19.3 Å². The number of phenols is 1. The second-order valence-corrected chi connectivity index (χ2v) is 2.95. The average Bonchev–Trinajstić information content (AvgIpc) is 2.66. The Bertz CT molecular complexity index is 399. The van der Waals surface area contributed by atoms with E-state index in [9.17, 15) is 9.90 Å². The van der Waals surface area contributed by atoms with Gasteiger partial charge in [0.05, 0.1) is 12.2 Å². The fourth-order valence-electron chi connectivity index (χ4n) is 1.32. The van der Waals surface area contributed by atoms with Crippen LogP contribution in [-0.2, 0) is 4.74 Å². The Morgan fingerprint density at radius 3 is 3.07 bits per heavy atom. The minimum absolute atomic E-state index is 0.0508. The van der Waals surface area contributed by atoms with Crippen LogP contribution in [0.4, 0.5) is 0 Å². The van der Waals surface area contributed by atoms with Crippen LogP contribution >= 0.6 is 0 Å². The lowest BCUT2D eigenvalue weighted by Crippen LogP contribution is -2.04. The first-order chi connectivity index (χ1) is 7.22. The summed E-state index contributed by atoms with van der Waals surface area (Å²) in [6, 6.07) is 2.78. The van der Waals surface area contributed by atoms with E-state index in [-0.39, 0.29) is 30.5 Å². The second-order valence-electron chi connectivity index (χ2n) is 2.95. The zero-order valence-corrected chi connectivity index (χ0v) is 8.15. The molecule has 1 N–H and O–H groups in total. The summed E-state index contributed by atoms with van der Waals surface area (Å²) in [6.45, 7) is 2.05. The first kappa shape index (κ1) is 9.64. The van der Waals surface area contributed by atoms with E-state index in [1.807, 2.05) is 0 Å². The molecule has 0 aromatic heterocycles. The number of rotatable bonds is 2. The first-order valence-corrected chi connectivity index (χ1v) is 4.52. The minimum atomic E-state index is -0.494. The van der Waals surface area contributed by atoms with Crippen molar-refractivity contribution >= 4 is 5.97 Å². The molecule has 1 heterocycles. The van der Waals surface area contributed by atoms with Gasteiger partial charge in [-0.1, -0.05) is 0 Å². The smallest absolute Gasteiger partial charge is 0.338 e. The largest absolute Gasteiger partial charge is 0.504 e. The van der Waals surface area contributed by atoms with Crippen LogP contribution in [0.15, 0.2) is 12.1 Å². The fourth-order valence-corrected chi connectivity index (χ4v) is 1.32. The molecule has 0 bridgehead atoms. The van der Waals surface area contributed by atoms with E-state index in [1.165, 1.54) is 12.1 Å². The summed E-state index contributed by atoms with van der Waals surface area (Å²) < 4.78 is 14.9. The molecule has 2 rings (SSSR count). The molecule has 5 heteroatoms. The Balaban J connectivity index is 2.35. The van der Waals surface area contributed by atoms with Gasteiger partial charge in [0.15, 0.2) is 11.5 Å². The number of fused-ring (bicyclic) bond motifs is 1. The maximum atomic E-state index is 11.4. The molecule has 1 aromatic rings. The summed E-state index contributed by atoms with van der Waals surface area (Å²) in [5, 5.41) is 9.52. The Labute approximate surface area is 86.2 Å². The van der Waals surface area contributed by atoms with Crippen LogP contribution in [0.1, 0.15) is 17.3 Å². The highest BCUT2D eigenvalue weighted by Gasteiger charge is 2.21. The van der Waals surface area contributed by atoms with Gasteiger partial charge in [0.1, 0.15) is 0 Å². The topological polar surface area (TPSA) is 65.0 Å². The molecule has 0 saturated carbocycles. The molecule has 1 aliphatic rings. The van der Waals surface area contributed by atoms with Crippen molar-refractivity contribution in [3.8, 4) is 17.2 Å². The maximum Gasteiger partial charge on any atom is 0.338 e. The average molecular weight is 210 g/mol. The number of aromatic hydroxyl groups is 1. The summed E-state index contributed by atoms with van der Waals surface area (Å²) >= 11 is 0. The molecule has 1 aliphatic heterocycles. The van der Waals surface area contributed by atoms with Gasteiger partial charge in [0.25, 0.3) is 0 Å². The maximum absolute atomic E-state index is 11.4. The van der Waals surface area contributed by atoms with Gasteiger partial charge in [0, 0.05) is 0 Å². The van der Waals surface area contributed by atoms with E-state index in [4.69, 9.17) is 14.2 Å². The van der Waals surface area contributed by atoms with Crippen molar-refractivity contribution in [2.45, 2.75) is 6.92 Å². The summed E-state index contributed by atoms with van der Waals surface area (Å²) in [5.41, 5.74) is 0.249. The lowest BCUT2D eigenvalue weighted by Gasteiger charge is -2.04. The molecule has 0 atom stereocenters. The predicted octanol–water partition coefficient (Wildman–Crippen LogP) is 1.30. The van der Waals surface area contributed by atoms with Crippen LogP contribution in [0, 0.1) is 0 Å². The monoisotopic (exact) mass is 210 g/mol. The Hall–Kier alpha value is -1.91. The highest BCUT2D eigenvalue weighted by molar-refractivity contribution is 5.91. The van der Waals surface area contributed by atoms with Crippen LogP contribution in [0.3, 0.4) is 0 Å². The zero-order valence-electron chi connectivity index (χ0n) is 8.15. The quantitative estimate of drug-likeness (QED) is 0.745. The van der Waals surface area contributed by atoms with E-state index in [1.54, 1.807) is 6.92 Å². The number of hydrogen-bond acceptors (Lipinski definition) is 5. The van der Waals surface area contributed by atoms with Gasteiger partial charge in [-0.2, -0.15) is 0 Å². The van der Waals surface area contributed by atoms with Gasteiger partial charge in [-0.3, -0.25) is 0 Å². The third-order valence-corrected chi connectivity index (χ3v) is 1.96. The molecule has 0 aliphatic carbocycles. The molecule has 0 unspecified atom stereocenters. The highest BCUT2D eigenvalue weighted by atomic mass is 16.7. The van der Waals surface area contributed by atoms with Crippen LogP contribution < -0.4 is 9.47 Å². The molecule has 15 heavy (non-hydrogen) atoms. The number of phenolic OH excluding ortho intramolecular Hbond substituents is 1. The first-order valence-electron chi connectivity index (χ1n) is 4.52. The molecule has 0 amide bonds. The van der Waals surface area contributed by atoms with Gasteiger partial charge in [-0.15, -0.1) is 0 Å². The third-order valence-electron chi connectivity index (χ3n) is 1.96. The SMILES string of the molecule is CCOC(=O)c1cc(O)c2c(c1)OCO2. The summed E-state index contributed by atoms with van der Waals surface area (Å²) in [5.74, 6) is 0.0141. The van der Waals surface area contributed by atoms with Crippen molar-refractivity contribution in [2.24, 2.45) is 0 Å². The molecule has 0 saturated heterocycles. The van der Waals surface area contributed by atoms with E-state index in [2.05, 4.69) is 0 Å². The molecule has 0 radical (unpaired) electrons. The zero-order chi connectivity index (χ0) is 10.8. The number of ether oxygens (including phenoxy) is 3. The van der Waals surface area contributed by atoms with Crippen LogP contribution in [0.25, 0.3) is 0 Å². The van der Waals surface area contributed by atoms with Crippen LogP contribution in [0.2, 0.25) is 0 Å². The minimum Gasteiger partial charge on any atom is -0.504 e. The van der Waals surface area contributed by atoms with Gasteiger partial charge in [-0.05, 0) is 19.1 Å². The van der Waals surface area contributed by atoms with Crippen molar-refractivity contribution in [1.29, 1.82) is 0 Å². The summed E-state index contributed by atoms with van der Waals surface area (Å²) in [4.78, 5) is 11.4. The lowest BCUT2D eigenvalue weighted by atomic mass is 10.2. The van der Waals surface area contributed by atoms with E-state index in [0.29, 0.717) is 5.75 Å². The number of esters is 1. The van der Waals surface area contributed by atoms with Crippen molar-refractivity contribution in [3.63, 3.8) is 0 Å². The molecular formula is C10H10O5. The molecule has 0 spiro atoms.